The molecule has 0 N–H and O–H groups in total. The molecule has 2 aliphatic heterocycles. The molecular formula is C23H28N2O3. The van der Waals surface area contributed by atoms with Gasteiger partial charge in [-0.05, 0) is 11.1 Å². The van der Waals surface area contributed by atoms with Gasteiger partial charge in [0.15, 0.2) is 0 Å². The number of hydrogen-bond donors (Lipinski definition) is 0. The highest BCUT2D eigenvalue weighted by Gasteiger charge is 2.43. The van der Waals surface area contributed by atoms with Gasteiger partial charge in [0.1, 0.15) is 6.73 Å². The van der Waals surface area contributed by atoms with E-state index in [0.717, 1.165) is 25.2 Å². The average Bonchev–Trinajstić information content (AvgIpc) is 3.40. The number of methoxy groups -OCH3 is 1. The van der Waals surface area contributed by atoms with Crippen molar-refractivity contribution in [3.8, 4) is 0 Å². The van der Waals surface area contributed by atoms with Crippen LogP contribution in [0.3, 0.4) is 0 Å². The molecule has 2 heterocycles. The van der Waals surface area contributed by atoms with Crippen LogP contribution in [0.2, 0.25) is 0 Å². The third kappa shape index (κ3) is 3.97. The number of carbonyl (C=O) groups is 1. The van der Waals surface area contributed by atoms with Crippen LogP contribution in [0.15, 0.2) is 60.7 Å². The summed E-state index contributed by atoms with van der Waals surface area (Å²) in [6, 6.07) is 20.6. The summed E-state index contributed by atoms with van der Waals surface area (Å²) in [7, 11) is 1.72. The molecule has 148 valence electrons. The molecule has 5 nitrogen and oxygen atoms in total. The molecule has 0 aliphatic carbocycles. The molecule has 2 fully saturated rings. The van der Waals surface area contributed by atoms with Gasteiger partial charge in [0.25, 0.3) is 0 Å². The Hall–Kier alpha value is -2.21. The van der Waals surface area contributed by atoms with Crippen LogP contribution in [0.25, 0.3) is 0 Å². The number of rotatable bonds is 6. The zero-order chi connectivity index (χ0) is 19.3. The monoisotopic (exact) mass is 380 g/mol. The second kappa shape index (κ2) is 8.86. The molecule has 2 aromatic rings. The summed E-state index contributed by atoms with van der Waals surface area (Å²) in [6.45, 7) is 4.11. The molecule has 3 atom stereocenters. The van der Waals surface area contributed by atoms with E-state index in [9.17, 15) is 4.79 Å². The summed E-state index contributed by atoms with van der Waals surface area (Å²) in [5, 5.41) is 0. The normalized spacial score (nSPS) is 25.3. The van der Waals surface area contributed by atoms with Gasteiger partial charge in [0, 0.05) is 32.7 Å². The van der Waals surface area contributed by atoms with Gasteiger partial charge in [-0.15, -0.1) is 0 Å². The second-order valence-electron chi connectivity index (χ2n) is 7.61. The summed E-state index contributed by atoms with van der Waals surface area (Å²) in [6.07, 6.45) is 0. The fourth-order valence-corrected chi connectivity index (χ4v) is 4.40. The fraction of sp³-hybridized carbons (Fsp3) is 0.435. The van der Waals surface area contributed by atoms with E-state index >= 15 is 0 Å². The van der Waals surface area contributed by atoms with Crippen molar-refractivity contribution in [2.75, 3.05) is 46.7 Å². The van der Waals surface area contributed by atoms with Gasteiger partial charge in [-0.1, -0.05) is 60.7 Å². The summed E-state index contributed by atoms with van der Waals surface area (Å²) in [5.41, 5.74) is 2.37. The van der Waals surface area contributed by atoms with E-state index in [2.05, 4.69) is 41.3 Å². The Balaban J connectivity index is 1.56. The van der Waals surface area contributed by atoms with Gasteiger partial charge in [0.2, 0.25) is 5.91 Å². The standard InChI is InChI=1S/C23H28N2O3/c1-27-13-12-24-14-20(18-8-4-2-5-9-18)21(15-24)23(26)25-17-28-16-22(25)19-10-6-3-7-11-19/h2-11,20-22H,12-17H2,1H3/t20-,21+,22-/m0/s1. The van der Waals surface area contributed by atoms with Crippen LogP contribution in [0.5, 0.6) is 0 Å². The van der Waals surface area contributed by atoms with Crippen molar-refractivity contribution in [1.82, 2.24) is 9.80 Å². The molecule has 2 saturated heterocycles. The van der Waals surface area contributed by atoms with Gasteiger partial charge in [0.05, 0.1) is 25.2 Å². The number of ether oxygens (including phenoxy) is 2. The Kier molecular flexibility index (Phi) is 6.05. The van der Waals surface area contributed by atoms with Crippen molar-refractivity contribution >= 4 is 5.91 Å². The first-order chi connectivity index (χ1) is 13.8. The first-order valence-corrected chi connectivity index (χ1v) is 9.97. The summed E-state index contributed by atoms with van der Waals surface area (Å²) >= 11 is 0. The van der Waals surface area contributed by atoms with Crippen molar-refractivity contribution < 1.29 is 14.3 Å². The fourth-order valence-electron chi connectivity index (χ4n) is 4.40. The average molecular weight is 380 g/mol. The SMILES string of the molecule is COCCN1C[C@@H](C(=O)N2COC[C@H]2c2ccccc2)[C@H](c2ccccc2)C1. The smallest absolute Gasteiger partial charge is 0.230 e. The molecule has 1 amide bonds. The van der Waals surface area contributed by atoms with Gasteiger partial charge in [-0.3, -0.25) is 9.69 Å². The quantitative estimate of drug-likeness (QED) is 0.773. The van der Waals surface area contributed by atoms with Crippen molar-refractivity contribution in [1.29, 1.82) is 0 Å². The predicted molar refractivity (Wildman–Crippen MR) is 108 cm³/mol. The Morgan fingerprint density at radius 1 is 1.04 bits per heavy atom. The number of benzene rings is 2. The minimum Gasteiger partial charge on any atom is -0.383 e. The predicted octanol–water partition coefficient (Wildman–Crippen LogP) is 2.91. The van der Waals surface area contributed by atoms with E-state index in [4.69, 9.17) is 9.47 Å². The Morgan fingerprint density at radius 3 is 2.39 bits per heavy atom. The molecule has 0 saturated carbocycles. The summed E-state index contributed by atoms with van der Waals surface area (Å²) in [4.78, 5) is 17.9. The van der Waals surface area contributed by atoms with Crippen molar-refractivity contribution in [3.63, 3.8) is 0 Å². The van der Waals surface area contributed by atoms with E-state index in [1.54, 1.807) is 7.11 Å². The summed E-state index contributed by atoms with van der Waals surface area (Å²) < 4.78 is 11.0. The highest BCUT2D eigenvalue weighted by molar-refractivity contribution is 5.81. The molecule has 2 aliphatic rings. The highest BCUT2D eigenvalue weighted by Crippen LogP contribution is 2.37. The third-order valence-corrected chi connectivity index (χ3v) is 5.90. The number of hydrogen-bond acceptors (Lipinski definition) is 4. The van der Waals surface area contributed by atoms with Gasteiger partial charge in [-0.25, -0.2) is 0 Å². The van der Waals surface area contributed by atoms with Gasteiger partial charge >= 0.3 is 0 Å². The van der Waals surface area contributed by atoms with Gasteiger partial charge in [-0.2, -0.15) is 0 Å². The molecule has 4 rings (SSSR count). The molecule has 0 spiro atoms. The topological polar surface area (TPSA) is 42.0 Å². The number of amides is 1. The molecule has 0 unspecified atom stereocenters. The highest BCUT2D eigenvalue weighted by atomic mass is 16.5. The number of nitrogens with zero attached hydrogens (tertiary/aromatic N) is 2. The molecule has 2 aromatic carbocycles. The van der Waals surface area contributed by atoms with Crippen LogP contribution in [0, 0.1) is 5.92 Å². The zero-order valence-electron chi connectivity index (χ0n) is 16.4. The van der Waals surface area contributed by atoms with E-state index < -0.39 is 0 Å². The van der Waals surface area contributed by atoms with E-state index in [-0.39, 0.29) is 23.8 Å². The molecule has 28 heavy (non-hydrogen) atoms. The van der Waals surface area contributed by atoms with Crippen LogP contribution < -0.4 is 0 Å². The van der Waals surface area contributed by atoms with Gasteiger partial charge < -0.3 is 14.4 Å². The maximum Gasteiger partial charge on any atom is 0.230 e. The van der Waals surface area contributed by atoms with E-state index in [1.807, 2.05) is 29.2 Å². The molecule has 5 heteroatoms. The minimum absolute atomic E-state index is 0.00171. The maximum atomic E-state index is 13.6. The lowest BCUT2D eigenvalue weighted by Gasteiger charge is -2.28. The first kappa shape index (κ1) is 19.1. The van der Waals surface area contributed by atoms with Crippen molar-refractivity contribution in [2.24, 2.45) is 5.92 Å². The molecular weight excluding hydrogens is 352 g/mol. The number of likely N-dealkylation sites (tertiary alicyclic amines) is 1. The molecule has 0 bridgehead atoms. The largest absolute Gasteiger partial charge is 0.383 e. The summed E-state index contributed by atoms with van der Waals surface area (Å²) in [5.74, 6) is 0.329. The lowest BCUT2D eigenvalue weighted by atomic mass is 9.87. The van der Waals surface area contributed by atoms with Crippen LogP contribution >= 0.6 is 0 Å². The number of carbonyl (C=O) groups excluding carboxylic acids is 1. The Bertz CT molecular complexity index is 768. The lowest BCUT2D eigenvalue weighted by molar-refractivity contribution is -0.137. The van der Waals surface area contributed by atoms with E-state index in [0.29, 0.717) is 19.9 Å². The van der Waals surface area contributed by atoms with Crippen molar-refractivity contribution in [2.45, 2.75) is 12.0 Å². The first-order valence-electron chi connectivity index (χ1n) is 9.97. The zero-order valence-corrected chi connectivity index (χ0v) is 16.4. The second-order valence-corrected chi connectivity index (χ2v) is 7.61. The Morgan fingerprint density at radius 2 is 1.71 bits per heavy atom. The minimum atomic E-state index is -0.0628. The van der Waals surface area contributed by atoms with Crippen LogP contribution in [-0.2, 0) is 14.3 Å². The van der Waals surface area contributed by atoms with E-state index in [1.165, 1.54) is 5.56 Å². The lowest BCUT2D eigenvalue weighted by Crippen LogP contribution is -2.39. The van der Waals surface area contributed by atoms with Crippen LogP contribution in [0.4, 0.5) is 0 Å². The molecule has 0 aromatic heterocycles. The molecule has 0 radical (unpaired) electrons. The van der Waals surface area contributed by atoms with Crippen LogP contribution in [-0.4, -0.2) is 62.4 Å². The van der Waals surface area contributed by atoms with Crippen molar-refractivity contribution in [3.05, 3.63) is 71.8 Å². The maximum absolute atomic E-state index is 13.6. The Labute approximate surface area is 166 Å². The third-order valence-electron chi connectivity index (χ3n) is 5.90. The van der Waals surface area contributed by atoms with Crippen LogP contribution in [0.1, 0.15) is 23.1 Å².